The summed E-state index contributed by atoms with van der Waals surface area (Å²) >= 11 is 3.21. The highest BCUT2D eigenvalue weighted by Gasteiger charge is 2.19. The molecule has 2 rings (SSSR count). The highest BCUT2D eigenvalue weighted by atomic mass is 79.9. The Balaban J connectivity index is 2.22. The van der Waals surface area contributed by atoms with E-state index in [1.54, 1.807) is 12.3 Å². The van der Waals surface area contributed by atoms with Crippen LogP contribution in [0.2, 0.25) is 0 Å². The zero-order valence-corrected chi connectivity index (χ0v) is 10.4. The van der Waals surface area contributed by atoms with Gasteiger partial charge in [0.05, 0.1) is 18.2 Å². The van der Waals surface area contributed by atoms with E-state index in [-0.39, 0.29) is 11.4 Å². The molecule has 0 unspecified atom stereocenters. The zero-order valence-electron chi connectivity index (χ0n) is 8.85. The summed E-state index contributed by atoms with van der Waals surface area (Å²) in [5, 5.41) is 11.3. The van der Waals surface area contributed by atoms with Crippen molar-refractivity contribution in [3.63, 3.8) is 0 Å². The minimum Gasteiger partial charge on any atom is -0.477 e. The Bertz CT molecular complexity index is 611. The number of carboxylic acids is 1. The van der Waals surface area contributed by atoms with Gasteiger partial charge in [-0.15, -0.1) is 0 Å². The lowest BCUT2D eigenvalue weighted by atomic mass is 10.3. The molecule has 7 nitrogen and oxygen atoms in total. The van der Waals surface area contributed by atoms with Gasteiger partial charge in [0, 0.05) is 10.7 Å². The number of hydrogen-bond donors (Lipinski definition) is 3. The topological polar surface area (TPSA) is 108 Å². The molecule has 0 fully saturated rings. The number of aromatic nitrogens is 3. The summed E-state index contributed by atoms with van der Waals surface area (Å²) in [6.45, 7) is 0. The van der Waals surface area contributed by atoms with Crippen molar-refractivity contribution in [3.05, 3.63) is 40.6 Å². The van der Waals surface area contributed by atoms with Crippen LogP contribution in [0, 0.1) is 0 Å². The number of nitrogens with one attached hydrogen (secondary N) is 2. The maximum atomic E-state index is 11.8. The molecular weight excluding hydrogens is 304 g/mol. The number of carbonyl (C=O) groups is 2. The molecule has 92 valence electrons. The van der Waals surface area contributed by atoms with Gasteiger partial charge in [0.2, 0.25) is 0 Å². The average molecular weight is 311 g/mol. The Morgan fingerprint density at radius 1 is 1.39 bits per heavy atom. The molecule has 0 bridgehead atoms. The molecule has 0 saturated heterocycles. The predicted molar refractivity (Wildman–Crippen MR) is 65.4 cm³/mol. The Morgan fingerprint density at radius 3 is 2.83 bits per heavy atom. The van der Waals surface area contributed by atoms with Gasteiger partial charge in [-0.2, -0.15) is 0 Å². The lowest BCUT2D eigenvalue weighted by Crippen LogP contribution is -2.16. The first-order valence-electron chi connectivity index (χ1n) is 4.76. The van der Waals surface area contributed by atoms with Gasteiger partial charge in [-0.3, -0.25) is 9.78 Å². The fourth-order valence-corrected chi connectivity index (χ4v) is 1.66. The van der Waals surface area contributed by atoms with E-state index in [0.717, 1.165) is 6.33 Å². The lowest BCUT2D eigenvalue weighted by molar-refractivity contribution is 0.0686. The number of carbonyl (C=O) groups excluding carboxylic acids is 1. The van der Waals surface area contributed by atoms with Crippen molar-refractivity contribution in [2.45, 2.75) is 0 Å². The Morgan fingerprint density at radius 2 is 2.17 bits per heavy atom. The van der Waals surface area contributed by atoms with E-state index in [2.05, 4.69) is 36.2 Å². The number of rotatable bonds is 3. The molecule has 18 heavy (non-hydrogen) atoms. The van der Waals surface area contributed by atoms with E-state index in [1.165, 1.54) is 6.20 Å². The number of halogens is 1. The number of hydrogen-bond acceptors (Lipinski definition) is 4. The van der Waals surface area contributed by atoms with Crippen molar-refractivity contribution in [2.75, 3.05) is 5.32 Å². The summed E-state index contributed by atoms with van der Waals surface area (Å²) in [6, 6.07) is 1.64. The summed E-state index contributed by atoms with van der Waals surface area (Å²) in [6.07, 6.45) is 4.15. The Labute approximate surface area is 109 Å². The molecule has 0 radical (unpaired) electrons. The second-order valence-corrected chi connectivity index (χ2v) is 4.19. The van der Waals surface area contributed by atoms with Crippen LogP contribution in [-0.4, -0.2) is 31.9 Å². The van der Waals surface area contributed by atoms with Crippen LogP contribution in [0.1, 0.15) is 21.0 Å². The minimum absolute atomic E-state index is 0.178. The van der Waals surface area contributed by atoms with E-state index < -0.39 is 11.9 Å². The van der Waals surface area contributed by atoms with E-state index >= 15 is 0 Å². The number of H-pyrrole nitrogens is 1. The fourth-order valence-electron chi connectivity index (χ4n) is 1.30. The van der Waals surface area contributed by atoms with Crippen molar-refractivity contribution >= 4 is 33.5 Å². The number of aromatic carboxylic acids is 1. The first kappa shape index (κ1) is 12.2. The summed E-state index contributed by atoms with van der Waals surface area (Å²) in [5.41, 5.74) is 0.00615. The van der Waals surface area contributed by atoms with E-state index in [9.17, 15) is 9.59 Å². The van der Waals surface area contributed by atoms with Gasteiger partial charge in [-0.1, -0.05) is 0 Å². The maximum absolute atomic E-state index is 11.8. The molecule has 1 amide bonds. The first-order valence-corrected chi connectivity index (χ1v) is 5.56. The van der Waals surface area contributed by atoms with Gasteiger partial charge in [0.15, 0.2) is 11.4 Å². The second kappa shape index (κ2) is 4.96. The summed E-state index contributed by atoms with van der Waals surface area (Å²) in [4.78, 5) is 32.6. The molecule has 8 heteroatoms. The van der Waals surface area contributed by atoms with Crippen LogP contribution in [0.5, 0.6) is 0 Å². The molecule has 0 saturated carbocycles. The Hall–Kier alpha value is -2.22. The predicted octanol–water partition coefficient (Wildman–Crippen LogP) is 1.52. The van der Waals surface area contributed by atoms with Crippen LogP contribution in [0.4, 0.5) is 5.69 Å². The van der Waals surface area contributed by atoms with Crippen LogP contribution in [-0.2, 0) is 0 Å². The van der Waals surface area contributed by atoms with Gasteiger partial charge in [-0.05, 0) is 22.0 Å². The van der Waals surface area contributed by atoms with Crippen LogP contribution >= 0.6 is 15.9 Å². The fraction of sp³-hybridized carbons (Fsp3) is 0. The van der Waals surface area contributed by atoms with Crippen molar-refractivity contribution in [1.82, 2.24) is 15.0 Å². The highest BCUT2D eigenvalue weighted by Crippen LogP contribution is 2.15. The summed E-state index contributed by atoms with van der Waals surface area (Å²) < 4.78 is 0.695. The van der Waals surface area contributed by atoms with Crippen LogP contribution in [0.15, 0.2) is 29.3 Å². The minimum atomic E-state index is -1.25. The number of imidazole rings is 1. The average Bonchev–Trinajstić information content (AvgIpc) is 2.77. The quantitative estimate of drug-likeness (QED) is 0.796. The number of carboxylic acid groups (broad SMARTS) is 1. The molecule has 0 aliphatic carbocycles. The zero-order chi connectivity index (χ0) is 13.1. The smallest absolute Gasteiger partial charge is 0.354 e. The standard InChI is InChI=1S/C10H7BrN4O3/c11-5-1-6(3-12-2-5)15-9(16)7-8(10(17)18)14-4-13-7/h1-4H,(H,13,14)(H,15,16)(H,17,18). The molecule has 3 N–H and O–H groups in total. The van der Waals surface area contributed by atoms with Crippen LogP contribution in [0.25, 0.3) is 0 Å². The number of nitrogens with zero attached hydrogens (tertiary/aromatic N) is 2. The van der Waals surface area contributed by atoms with Gasteiger partial charge < -0.3 is 15.4 Å². The number of amides is 1. The monoisotopic (exact) mass is 310 g/mol. The Kier molecular flexibility index (Phi) is 3.38. The molecule has 2 aromatic rings. The number of anilines is 1. The third kappa shape index (κ3) is 2.54. The SMILES string of the molecule is O=C(Nc1cncc(Br)c1)c1nc[nH]c1C(=O)O. The highest BCUT2D eigenvalue weighted by molar-refractivity contribution is 9.10. The molecule has 0 atom stereocenters. The summed E-state index contributed by atoms with van der Waals surface area (Å²) in [7, 11) is 0. The largest absolute Gasteiger partial charge is 0.477 e. The lowest BCUT2D eigenvalue weighted by Gasteiger charge is -2.03. The van der Waals surface area contributed by atoms with Gasteiger partial charge in [0.25, 0.3) is 5.91 Å². The molecule has 0 aliphatic heterocycles. The molecule has 0 aromatic carbocycles. The van der Waals surface area contributed by atoms with Gasteiger partial charge in [-0.25, -0.2) is 9.78 Å². The third-order valence-electron chi connectivity index (χ3n) is 2.03. The van der Waals surface area contributed by atoms with E-state index in [0.29, 0.717) is 10.2 Å². The summed E-state index contributed by atoms with van der Waals surface area (Å²) in [5.74, 6) is -1.86. The number of aromatic amines is 1. The second-order valence-electron chi connectivity index (χ2n) is 3.28. The van der Waals surface area contributed by atoms with Crippen molar-refractivity contribution in [3.8, 4) is 0 Å². The molecule has 0 aliphatic rings. The van der Waals surface area contributed by atoms with Crippen LogP contribution < -0.4 is 5.32 Å². The van der Waals surface area contributed by atoms with Crippen molar-refractivity contribution in [2.24, 2.45) is 0 Å². The van der Waals surface area contributed by atoms with Gasteiger partial charge >= 0.3 is 5.97 Å². The van der Waals surface area contributed by atoms with E-state index in [4.69, 9.17) is 5.11 Å². The molecule has 0 spiro atoms. The molecule has 2 aromatic heterocycles. The molecule has 2 heterocycles. The van der Waals surface area contributed by atoms with Gasteiger partial charge in [0.1, 0.15) is 0 Å². The van der Waals surface area contributed by atoms with Crippen molar-refractivity contribution < 1.29 is 14.7 Å². The normalized spacial score (nSPS) is 10.1. The number of pyridine rings is 1. The molecular formula is C10H7BrN4O3. The van der Waals surface area contributed by atoms with E-state index in [1.807, 2.05) is 0 Å². The maximum Gasteiger partial charge on any atom is 0.354 e. The third-order valence-corrected chi connectivity index (χ3v) is 2.46. The van der Waals surface area contributed by atoms with Crippen LogP contribution in [0.3, 0.4) is 0 Å². The first-order chi connectivity index (χ1) is 8.58. The van der Waals surface area contributed by atoms with Crippen molar-refractivity contribution in [1.29, 1.82) is 0 Å².